The Bertz CT molecular complexity index is 55.0. The summed E-state index contributed by atoms with van der Waals surface area (Å²) in [6.45, 7) is 16.8. The quantitative estimate of drug-likeness (QED) is 0.437. The first-order valence-corrected chi connectivity index (χ1v) is 7.00. The van der Waals surface area contributed by atoms with Crippen LogP contribution in [-0.2, 0) is 0 Å². The zero-order valence-electron chi connectivity index (χ0n) is 12.7. The van der Waals surface area contributed by atoms with Crippen LogP contribution in [0.3, 0.4) is 0 Å². The summed E-state index contributed by atoms with van der Waals surface area (Å²) in [7, 11) is 0. The molecule has 1 fully saturated rings. The topological polar surface area (TPSA) is 0 Å². The van der Waals surface area contributed by atoms with Crippen LogP contribution in [0.2, 0.25) is 0 Å². The lowest BCUT2D eigenvalue weighted by Gasteiger charge is -2.05. The Morgan fingerprint density at radius 3 is 0.600 bits per heavy atom. The summed E-state index contributed by atoms with van der Waals surface area (Å²) in [5.41, 5.74) is 0.500. The van der Waals surface area contributed by atoms with Crippen LogP contribution in [0, 0.1) is 5.41 Å². The lowest BCUT2D eigenvalue weighted by Crippen LogP contribution is -1.93. The molecule has 0 atom stereocenters. The van der Waals surface area contributed by atoms with Gasteiger partial charge in [0.25, 0.3) is 0 Å². The van der Waals surface area contributed by atoms with Crippen LogP contribution in [0.5, 0.6) is 0 Å². The van der Waals surface area contributed by atoms with Gasteiger partial charge in [0.15, 0.2) is 0 Å². The first-order valence-electron chi connectivity index (χ1n) is 7.00. The van der Waals surface area contributed by atoms with Gasteiger partial charge in [0.1, 0.15) is 0 Å². The lowest BCUT2D eigenvalue weighted by molar-refractivity contribution is 0.469. The summed E-state index contributed by atoms with van der Waals surface area (Å²) in [5, 5.41) is 0. The predicted molar refractivity (Wildman–Crippen MR) is 75.5 cm³/mol. The highest BCUT2D eigenvalue weighted by molar-refractivity contribution is 4.51. The largest absolute Gasteiger partial charge is 0.0683 e. The van der Waals surface area contributed by atoms with E-state index in [1.54, 1.807) is 0 Å². The molecule has 1 aliphatic rings. The normalized spacial score (nSPS) is 14.4. The van der Waals surface area contributed by atoms with Gasteiger partial charge in [-0.15, -0.1) is 0 Å². The fraction of sp³-hybridized carbons (Fsp3) is 1.00. The Labute approximate surface area is 99.9 Å². The zero-order valence-corrected chi connectivity index (χ0v) is 12.7. The van der Waals surface area contributed by atoms with E-state index in [2.05, 4.69) is 27.7 Å². The van der Waals surface area contributed by atoms with Gasteiger partial charge in [-0.05, 0) is 5.41 Å². The molecular formula is C15H36. The zero-order chi connectivity index (χ0) is 12.7. The third-order valence-corrected chi connectivity index (χ3v) is 1.50. The summed E-state index contributed by atoms with van der Waals surface area (Å²) in [4.78, 5) is 0. The smallest absolute Gasteiger partial charge is 0.0411 e. The van der Waals surface area contributed by atoms with Gasteiger partial charge in [-0.25, -0.2) is 0 Å². The maximum atomic E-state index is 2.19. The average Bonchev–Trinajstić information content (AvgIpc) is 2.24. The second-order valence-electron chi connectivity index (χ2n) is 5.12. The van der Waals surface area contributed by atoms with Gasteiger partial charge in [0.05, 0.1) is 0 Å². The van der Waals surface area contributed by atoms with Crippen molar-refractivity contribution in [1.29, 1.82) is 0 Å². The second-order valence-corrected chi connectivity index (χ2v) is 5.12. The van der Waals surface area contributed by atoms with Gasteiger partial charge in [-0.3, -0.25) is 0 Å². The fourth-order valence-electron chi connectivity index (χ4n) is 1.06. The molecule has 0 spiro atoms. The van der Waals surface area contributed by atoms with Crippen LogP contribution in [0.1, 0.15) is 93.9 Å². The number of rotatable bonds is 0. The molecule has 0 N–H and O–H groups in total. The molecule has 0 saturated heterocycles. The maximum Gasteiger partial charge on any atom is -0.0411 e. The van der Waals surface area contributed by atoms with Crippen molar-refractivity contribution in [1.82, 2.24) is 0 Å². The molecule has 0 aromatic heterocycles. The van der Waals surface area contributed by atoms with Crippen molar-refractivity contribution in [3.05, 3.63) is 0 Å². The van der Waals surface area contributed by atoms with Crippen LogP contribution in [0.25, 0.3) is 0 Å². The Balaban J connectivity index is -0.000000146. The maximum absolute atomic E-state index is 2.19. The molecule has 0 bridgehead atoms. The molecular weight excluding hydrogens is 180 g/mol. The van der Waals surface area contributed by atoms with E-state index in [1.807, 2.05) is 27.7 Å². The van der Waals surface area contributed by atoms with Crippen molar-refractivity contribution >= 4 is 0 Å². The first kappa shape index (κ1) is 20.4. The van der Waals surface area contributed by atoms with Crippen LogP contribution in [0.4, 0.5) is 0 Å². The van der Waals surface area contributed by atoms with Crippen molar-refractivity contribution in [2.75, 3.05) is 0 Å². The van der Waals surface area contributed by atoms with Gasteiger partial charge in [0, 0.05) is 0 Å². The molecule has 0 aromatic rings. The van der Waals surface area contributed by atoms with Crippen molar-refractivity contribution in [2.24, 2.45) is 5.41 Å². The number of hydrogen-bond acceptors (Lipinski definition) is 0. The van der Waals surface area contributed by atoms with E-state index >= 15 is 0 Å². The minimum Gasteiger partial charge on any atom is -0.0683 e. The van der Waals surface area contributed by atoms with E-state index in [-0.39, 0.29) is 0 Å². The van der Waals surface area contributed by atoms with Crippen molar-refractivity contribution < 1.29 is 0 Å². The highest BCUT2D eigenvalue weighted by Crippen LogP contribution is 2.15. The van der Waals surface area contributed by atoms with E-state index in [4.69, 9.17) is 0 Å². The highest BCUT2D eigenvalue weighted by atomic mass is 14.0. The van der Waals surface area contributed by atoms with E-state index in [9.17, 15) is 0 Å². The molecule has 96 valence electrons. The molecule has 1 rings (SSSR count). The monoisotopic (exact) mass is 216 g/mol. The van der Waals surface area contributed by atoms with E-state index in [0.717, 1.165) is 0 Å². The molecule has 0 heteroatoms. The predicted octanol–water partition coefficient (Wildman–Crippen LogP) is 6.45. The van der Waals surface area contributed by atoms with Crippen LogP contribution in [-0.4, -0.2) is 0 Å². The SMILES string of the molecule is C1CCCCC1.CC.CC.CC(C)(C)C. The fourth-order valence-corrected chi connectivity index (χ4v) is 1.06. The summed E-state index contributed by atoms with van der Waals surface area (Å²) in [6.07, 6.45) is 9.00. The summed E-state index contributed by atoms with van der Waals surface area (Å²) < 4.78 is 0. The summed E-state index contributed by atoms with van der Waals surface area (Å²) in [6, 6.07) is 0. The van der Waals surface area contributed by atoms with Crippen LogP contribution >= 0.6 is 0 Å². The molecule has 0 heterocycles. The third-order valence-electron chi connectivity index (χ3n) is 1.50. The average molecular weight is 216 g/mol. The molecule has 1 saturated carbocycles. The van der Waals surface area contributed by atoms with Gasteiger partial charge in [0.2, 0.25) is 0 Å². The Morgan fingerprint density at radius 2 is 0.533 bits per heavy atom. The standard InChI is InChI=1S/C6H12.C5H12.2C2H6/c1-2-4-6-5-3-1;1-5(2,3)4;2*1-2/h1-6H2;1-4H3;2*1-2H3. The van der Waals surface area contributed by atoms with E-state index in [1.165, 1.54) is 38.5 Å². The highest BCUT2D eigenvalue weighted by Gasteiger charge is 1.96. The minimum absolute atomic E-state index is 0.500. The van der Waals surface area contributed by atoms with Gasteiger partial charge in [-0.2, -0.15) is 0 Å². The van der Waals surface area contributed by atoms with Crippen molar-refractivity contribution in [3.8, 4) is 0 Å². The molecule has 0 aliphatic heterocycles. The number of hydrogen-bond donors (Lipinski definition) is 0. The van der Waals surface area contributed by atoms with Crippen LogP contribution in [0.15, 0.2) is 0 Å². The van der Waals surface area contributed by atoms with Gasteiger partial charge >= 0.3 is 0 Å². The molecule has 0 unspecified atom stereocenters. The Hall–Kier alpha value is 0. The van der Waals surface area contributed by atoms with E-state index < -0.39 is 0 Å². The Morgan fingerprint density at radius 1 is 0.467 bits per heavy atom. The molecule has 15 heavy (non-hydrogen) atoms. The van der Waals surface area contributed by atoms with Crippen molar-refractivity contribution in [3.63, 3.8) is 0 Å². The minimum atomic E-state index is 0.500. The molecule has 0 aromatic carbocycles. The Kier molecular flexibility index (Phi) is 22.4. The molecule has 0 amide bonds. The molecule has 1 aliphatic carbocycles. The van der Waals surface area contributed by atoms with Crippen LogP contribution < -0.4 is 0 Å². The third kappa shape index (κ3) is 56.0. The summed E-state index contributed by atoms with van der Waals surface area (Å²) >= 11 is 0. The molecule has 0 nitrogen and oxygen atoms in total. The van der Waals surface area contributed by atoms with Crippen molar-refractivity contribution in [2.45, 2.75) is 93.9 Å². The van der Waals surface area contributed by atoms with E-state index in [0.29, 0.717) is 5.41 Å². The van der Waals surface area contributed by atoms with Gasteiger partial charge in [-0.1, -0.05) is 93.9 Å². The molecule has 0 radical (unpaired) electrons. The lowest BCUT2D eigenvalue weighted by atomic mass is 10.0. The summed E-state index contributed by atoms with van der Waals surface area (Å²) in [5.74, 6) is 0. The second kappa shape index (κ2) is 16.4. The van der Waals surface area contributed by atoms with Gasteiger partial charge < -0.3 is 0 Å². The first-order chi connectivity index (χ1) is 7.00.